The van der Waals surface area contributed by atoms with Gasteiger partial charge in [-0.05, 0) is 69.7 Å². The fraction of sp³-hybridized carbons (Fsp3) is 0.641. The number of primary amides is 1. The standard InChI is InChI=1S/C32H49N5O6S.C7H16N2O/c1-7-9-14-28(38)37(15-8-2)26(20(3)4)18-27(43-32(42)34-6)30-36-25(19-44-30)29(39)35-23(16-21(5)31(40)41)17-22-12-10-11-13-24(22)33;1-9-6-4-2-3-5-7(8)10/h10-13,19-21,23,26-27H,7-9,14-18,33H2,1-6H3,(H,34,42)(H,35,39)(H,40,41);9H,2-6H2,1H3,(H2,8,10). The van der Waals surface area contributed by atoms with Crippen LogP contribution in [0.1, 0.15) is 126 Å². The highest BCUT2D eigenvalue weighted by Gasteiger charge is 2.32. The number of ether oxygens (including phenoxy) is 1. The van der Waals surface area contributed by atoms with Crippen LogP contribution in [0.5, 0.6) is 0 Å². The quantitative estimate of drug-likeness (QED) is 0.0567. The lowest BCUT2D eigenvalue weighted by Crippen LogP contribution is -2.45. The van der Waals surface area contributed by atoms with Crippen molar-refractivity contribution in [2.45, 2.75) is 123 Å². The molecular weight excluding hydrogens is 711 g/mol. The van der Waals surface area contributed by atoms with E-state index in [2.05, 4.69) is 20.9 Å². The van der Waals surface area contributed by atoms with Crippen LogP contribution in [-0.2, 0) is 25.5 Å². The number of hydrogen-bond donors (Lipinski definition) is 6. The highest BCUT2D eigenvalue weighted by Crippen LogP contribution is 2.31. The van der Waals surface area contributed by atoms with Crippen molar-refractivity contribution in [3.8, 4) is 0 Å². The fourth-order valence-corrected chi connectivity index (χ4v) is 6.68. The van der Waals surface area contributed by atoms with Crippen LogP contribution in [0, 0.1) is 11.8 Å². The van der Waals surface area contributed by atoms with E-state index < -0.39 is 36.0 Å². The smallest absolute Gasteiger partial charge is 0.407 e. The molecule has 2 aromatic rings. The molecule has 4 unspecified atom stereocenters. The molecule has 15 heteroatoms. The first kappa shape index (κ1) is 47.8. The lowest BCUT2D eigenvalue weighted by atomic mass is 9.95. The first-order chi connectivity index (χ1) is 25.7. The molecule has 0 bridgehead atoms. The normalized spacial score (nSPS) is 13.1. The summed E-state index contributed by atoms with van der Waals surface area (Å²) in [5, 5.41) is 20.0. The number of nitrogens with zero attached hydrogens (tertiary/aromatic N) is 2. The van der Waals surface area contributed by atoms with Crippen LogP contribution >= 0.6 is 11.3 Å². The molecule has 0 saturated carbocycles. The highest BCUT2D eigenvalue weighted by molar-refractivity contribution is 7.09. The van der Waals surface area contributed by atoms with Gasteiger partial charge in [0.1, 0.15) is 10.7 Å². The van der Waals surface area contributed by atoms with Crippen LogP contribution in [-0.4, -0.2) is 84.0 Å². The molecule has 54 heavy (non-hydrogen) atoms. The summed E-state index contributed by atoms with van der Waals surface area (Å²) in [5.41, 5.74) is 12.6. The van der Waals surface area contributed by atoms with E-state index in [9.17, 15) is 29.1 Å². The Kier molecular flexibility index (Phi) is 23.5. The molecule has 0 radical (unpaired) electrons. The minimum Gasteiger partial charge on any atom is -0.481 e. The van der Waals surface area contributed by atoms with Crippen molar-refractivity contribution in [2.75, 3.05) is 32.9 Å². The molecule has 0 fully saturated rings. The van der Waals surface area contributed by atoms with Gasteiger partial charge < -0.3 is 42.2 Å². The Balaban J connectivity index is 0.00000127. The van der Waals surface area contributed by atoms with Crippen molar-refractivity contribution < 1.29 is 33.8 Å². The number of nitrogens with one attached hydrogen (secondary N) is 3. The van der Waals surface area contributed by atoms with E-state index in [1.165, 1.54) is 18.4 Å². The minimum absolute atomic E-state index is 0.0750. The van der Waals surface area contributed by atoms with E-state index in [1.807, 2.05) is 57.8 Å². The Morgan fingerprint density at radius 2 is 1.67 bits per heavy atom. The van der Waals surface area contributed by atoms with Crippen molar-refractivity contribution in [3.05, 3.63) is 45.9 Å². The third kappa shape index (κ3) is 18.2. The molecule has 4 amide bonds. The molecule has 1 aromatic carbocycles. The van der Waals surface area contributed by atoms with Gasteiger partial charge >= 0.3 is 12.1 Å². The maximum atomic E-state index is 13.4. The van der Waals surface area contributed by atoms with Crippen LogP contribution < -0.4 is 27.4 Å². The molecule has 8 N–H and O–H groups in total. The number of carbonyl (C=O) groups is 5. The van der Waals surface area contributed by atoms with E-state index in [0.717, 1.165) is 50.6 Å². The Hall–Kier alpha value is -4.24. The van der Waals surface area contributed by atoms with Crippen molar-refractivity contribution >= 4 is 46.8 Å². The number of aromatic nitrogens is 1. The van der Waals surface area contributed by atoms with Crippen LogP contribution in [0.3, 0.4) is 0 Å². The van der Waals surface area contributed by atoms with Crippen molar-refractivity contribution in [3.63, 3.8) is 0 Å². The Morgan fingerprint density at radius 3 is 2.24 bits per heavy atom. The van der Waals surface area contributed by atoms with E-state index >= 15 is 0 Å². The number of amides is 4. The van der Waals surface area contributed by atoms with Crippen LogP contribution in [0.25, 0.3) is 0 Å². The maximum Gasteiger partial charge on any atom is 0.407 e. The summed E-state index contributed by atoms with van der Waals surface area (Å²) in [6.07, 6.45) is 6.08. The lowest BCUT2D eigenvalue weighted by Gasteiger charge is -2.36. The number of benzene rings is 1. The number of carboxylic acid groups (broad SMARTS) is 1. The zero-order valence-electron chi connectivity index (χ0n) is 33.3. The summed E-state index contributed by atoms with van der Waals surface area (Å²) in [6.45, 7) is 11.4. The van der Waals surface area contributed by atoms with Gasteiger partial charge in [0.25, 0.3) is 5.91 Å². The molecule has 1 heterocycles. The first-order valence-corrected chi connectivity index (χ1v) is 20.0. The number of para-hydroxylation sites is 1. The maximum absolute atomic E-state index is 13.4. The third-order valence-electron chi connectivity index (χ3n) is 8.90. The van der Waals surface area contributed by atoms with E-state index in [0.29, 0.717) is 42.9 Å². The van der Waals surface area contributed by atoms with Crippen molar-refractivity contribution in [1.82, 2.24) is 25.8 Å². The van der Waals surface area contributed by atoms with Crippen LogP contribution in [0.2, 0.25) is 0 Å². The number of hydrogen-bond acceptors (Lipinski definition) is 10. The SMILES string of the molecule is CCCCC(=O)N(CCC)C(CC(OC(=O)NC)c1nc(C(=O)NC(Cc2ccccc2N)CC(C)C(=O)O)cs1)C(C)C.CNCCCCCC(N)=O. The predicted octanol–water partition coefficient (Wildman–Crippen LogP) is 5.67. The second-order valence-corrected chi connectivity index (χ2v) is 14.8. The summed E-state index contributed by atoms with van der Waals surface area (Å²) in [5.74, 6) is -2.16. The summed E-state index contributed by atoms with van der Waals surface area (Å²) in [7, 11) is 3.39. The Labute approximate surface area is 325 Å². The number of anilines is 1. The van der Waals surface area contributed by atoms with Gasteiger partial charge in [0.05, 0.1) is 5.92 Å². The van der Waals surface area contributed by atoms with Gasteiger partial charge in [-0.25, -0.2) is 9.78 Å². The Bertz CT molecular complexity index is 1440. The molecule has 1 aromatic heterocycles. The number of unbranched alkanes of at least 4 members (excludes halogenated alkanes) is 3. The van der Waals surface area contributed by atoms with Gasteiger partial charge in [0.2, 0.25) is 11.8 Å². The average molecular weight is 776 g/mol. The number of carbonyl (C=O) groups excluding carboxylic acids is 4. The predicted molar refractivity (Wildman–Crippen MR) is 214 cm³/mol. The van der Waals surface area contributed by atoms with Gasteiger partial charge in [-0.1, -0.05) is 65.7 Å². The number of aliphatic carboxylic acids is 1. The number of thiazole rings is 1. The zero-order valence-corrected chi connectivity index (χ0v) is 34.1. The molecular formula is C39H65N7O7S. The van der Waals surface area contributed by atoms with Crippen molar-refractivity contribution in [2.24, 2.45) is 17.6 Å². The van der Waals surface area contributed by atoms with Crippen molar-refractivity contribution in [1.29, 1.82) is 0 Å². The lowest BCUT2D eigenvalue weighted by molar-refractivity contribution is -0.141. The molecule has 0 aliphatic carbocycles. The molecule has 2 rings (SSSR count). The fourth-order valence-electron chi connectivity index (χ4n) is 5.84. The largest absolute Gasteiger partial charge is 0.481 e. The van der Waals surface area contributed by atoms with Gasteiger partial charge in [0.15, 0.2) is 6.10 Å². The third-order valence-corrected chi connectivity index (χ3v) is 9.84. The van der Waals surface area contributed by atoms with E-state index in [1.54, 1.807) is 18.4 Å². The monoisotopic (exact) mass is 775 g/mol. The molecule has 304 valence electrons. The number of alkyl carbamates (subject to hydrolysis) is 1. The number of nitrogen functional groups attached to an aromatic ring is 1. The van der Waals surface area contributed by atoms with Gasteiger partial charge in [-0.15, -0.1) is 11.3 Å². The highest BCUT2D eigenvalue weighted by atomic mass is 32.1. The molecule has 0 saturated heterocycles. The first-order valence-electron chi connectivity index (χ1n) is 19.1. The summed E-state index contributed by atoms with van der Waals surface area (Å²) in [4.78, 5) is 67.3. The topological polar surface area (TPSA) is 219 Å². The molecule has 0 aliphatic heterocycles. The molecule has 0 aliphatic rings. The van der Waals surface area contributed by atoms with E-state index in [4.69, 9.17) is 16.2 Å². The molecule has 4 atom stereocenters. The summed E-state index contributed by atoms with van der Waals surface area (Å²) in [6, 6.07) is 6.54. The number of nitrogens with two attached hydrogens (primary N) is 2. The summed E-state index contributed by atoms with van der Waals surface area (Å²) >= 11 is 1.20. The average Bonchev–Trinajstić information content (AvgIpc) is 3.63. The van der Waals surface area contributed by atoms with E-state index in [-0.39, 0.29) is 35.9 Å². The Morgan fingerprint density at radius 1 is 0.963 bits per heavy atom. The molecule has 0 spiro atoms. The number of carboxylic acids is 1. The second kappa shape index (κ2) is 26.5. The van der Waals surface area contributed by atoms with Gasteiger partial charge in [0, 0.05) is 56.0 Å². The second-order valence-electron chi connectivity index (χ2n) is 13.9. The molecule has 14 nitrogen and oxygen atoms in total. The summed E-state index contributed by atoms with van der Waals surface area (Å²) < 4.78 is 5.75. The van der Waals surface area contributed by atoms with Crippen LogP contribution in [0.15, 0.2) is 29.6 Å². The zero-order chi connectivity index (χ0) is 40.6. The minimum atomic E-state index is -0.958. The van der Waals surface area contributed by atoms with Gasteiger partial charge in [-0.2, -0.15) is 0 Å². The number of rotatable bonds is 24. The van der Waals surface area contributed by atoms with Crippen LogP contribution in [0.4, 0.5) is 10.5 Å². The van der Waals surface area contributed by atoms with Gasteiger partial charge in [-0.3, -0.25) is 19.2 Å².